The summed E-state index contributed by atoms with van der Waals surface area (Å²) in [6, 6.07) is 6.98. The summed E-state index contributed by atoms with van der Waals surface area (Å²) in [5.41, 5.74) is 0.190. The van der Waals surface area contributed by atoms with E-state index in [0.29, 0.717) is 0 Å². The maximum Gasteiger partial charge on any atom is 0.149 e. The number of hydrogen-bond donors (Lipinski definition) is 1. The molecule has 0 radical (unpaired) electrons. The topological polar surface area (TPSA) is 48.7 Å². The van der Waals surface area contributed by atoms with Gasteiger partial charge in [-0.1, -0.05) is 6.07 Å². The van der Waals surface area contributed by atoms with Gasteiger partial charge in [0.2, 0.25) is 0 Å². The van der Waals surface area contributed by atoms with Gasteiger partial charge in [0.25, 0.3) is 0 Å². The third kappa shape index (κ3) is 3.24. The van der Waals surface area contributed by atoms with Crippen LogP contribution in [-0.2, 0) is 6.42 Å². The van der Waals surface area contributed by atoms with Crippen molar-refractivity contribution in [2.75, 3.05) is 11.9 Å². The van der Waals surface area contributed by atoms with Gasteiger partial charge in [-0.15, -0.1) is 0 Å². The molecule has 3 aromatic rings. The lowest BCUT2D eigenvalue weighted by Gasteiger charge is -2.12. The number of pyridine rings is 1. The van der Waals surface area contributed by atoms with Crippen LogP contribution < -0.4 is 5.32 Å². The molecule has 1 heterocycles. The molecular formula is C18H11F4N3. The quantitative estimate of drug-likeness (QED) is 0.717. The highest BCUT2D eigenvalue weighted by atomic mass is 19.1. The number of fused-ring (bicyclic) bond motifs is 1. The van der Waals surface area contributed by atoms with Crippen molar-refractivity contribution in [2.24, 2.45) is 0 Å². The van der Waals surface area contributed by atoms with E-state index in [4.69, 9.17) is 0 Å². The lowest BCUT2D eigenvalue weighted by Crippen LogP contribution is -2.09. The zero-order valence-corrected chi connectivity index (χ0v) is 12.8. The summed E-state index contributed by atoms with van der Waals surface area (Å²) in [6.07, 6.45) is 1.31. The highest BCUT2D eigenvalue weighted by Crippen LogP contribution is 2.29. The van der Waals surface area contributed by atoms with Crippen LogP contribution in [0, 0.1) is 34.6 Å². The molecule has 3 nitrogen and oxygen atoms in total. The SMILES string of the molecule is N#Cc1cnc2c(F)ccc(F)c2c1NCCc1ccc(F)cc1F. The largest absolute Gasteiger partial charge is 0.383 e. The molecule has 1 aromatic heterocycles. The number of rotatable bonds is 4. The van der Waals surface area contributed by atoms with Gasteiger partial charge >= 0.3 is 0 Å². The fraction of sp³-hybridized carbons (Fsp3) is 0.111. The van der Waals surface area contributed by atoms with Crippen molar-refractivity contribution in [3.05, 3.63) is 70.9 Å². The molecule has 3 rings (SSSR count). The van der Waals surface area contributed by atoms with Crippen LogP contribution in [0.5, 0.6) is 0 Å². The molecule has 0 aliphatic heterocycles. The molecule has 25 heavy (non-hydrogen) atoms. The van der Waals surface area contributed by atoms with Gasteiger partial charge in [-0.2, -0.15) is 5.26 Å². The maximum absolute atomic E-state index is 14.1. The predicted molar refractivity (Wildman–Crippen MR) is 84.9 cm³/mol. The van der Waals surface area contributed by atoms with Crippen LogP contribution in [0.3, 0.4) is 0 Å². The Labute approximate surface area is 140 Å². The molecule has 7 heteroatoms. The van der Waals surface area contributed by atoms with Crippen molar-refractivity contribution in [3.8, 4) is 6.07 Å². The monoisotopic (exact) mass is 345 g/mol. The Morgan fingerprint density at radius 1 is 1.00 bits per heavy atom. The summed E-state index contributed by atoms with van der Waals surface area (Å²) >= 11 is 0. The van der Waals surface area contributed by atoms with E-state index in [0.717, 1.165) is 30.5 Å². The second-order valence-electron chi connectivity index (χ2n) is 5.32. The van der Waals surface area contributed by atoms with Crippen LogP contribution >= 0.6 is 0 Å². The first-order valence-electron chi connectivity index (χ1n) is 7.36. The molecule has 126 valence electrons. The first-order valence-corrected chi connectivity index (χ1v) is 7.36. The van der Waals surface area contributed by atoms with Crippen molar-refractivity contribution in [3.63, 3.8) is 0 Å². The van der Waals surface area contributed by atoms with Crippen LogP contribution in [-0.4, -0.2) is 11.5 Å². The maximum atomic E-state index is 14.1. The van der Waals surface area contributed by atoms with Crippen molar-refractivity contribution in [1.82, 2.24) is 4.98 Å². The number of nitrogens with one attached hydrogen (secondary N) is 1. The highest BCUT2D eigenvalue weighted by Gasteiger charge is 2.16. The van der Waals surface area contributed by atoms with Crippen molar-refractivity contribution >= 4 is 16.6 Å². The molecule has 0 bridgehead atoms. The average Bonchev–Trinajstić information content (AvgIpc) is 2.59. The second-order valence-corrected chi connectivity index (χ2v) is 5.32. The molecule has 0 atom stereocenters. The van der Waals surface area contributed by atoms with E-state index in [1.807, 2.05) is 6.07 Å². The number of anilines is 1. The van der Waals surface area contributed by atoms with E-state index in [-0.39, 0.29) is 40.7 Å². The van der Waals surface area contributed by atoms with E-state index in [9.17, 15) is 22.8 Å². The minimum Gasteiger partial charge on any atom is -0.383 e. The number of halogens is 4. The summed E-state index contributed by atoms with van der Waals surface area (Å²) in [7, 11) is 0. The van der Waals surface area contributed by atoms with E-state index in [2.05, 4.69) is 10.3 Å². The van der Waals surface area contributed by atoms with Crippen LogP contribution in [0.4, 0.5) is 23.2 Å². The van der Waals surface area contributed by atoms with Crippen molar-refractivity contribution in [2.45, 2.75) is 6.42 Å². The van der Waals surface area contributed by atoms with Gasteiger partial charge in [-0.25, -0.2) is 17.6 Å². The Bertz CT molecular complexity index is 996. The smallest absolute Gasteiger partial charge is 0.149 e. The molecule has 0 unspecified atom stereocenters. The molecule has 0 aliphatic rings. The standard InChI is InChI=1S/C18H11F4N3/c19-12-2-1-10(15(22)7-12)5-6-24-17-11(8-23)9-25-18-14(21)4-3-13(20)16(17)18/h1-4,7,9H,5-6H2,(H,24,25). The molecule has 2 aromatic carbocycles. The fourth-order valence-electron chi connectivity index (χ4n) is 2.55. The average molecular weight is 345 g/mol. The Morgan fingerprint density at radius 2 is 1.76 bits per heavy atom. The van der Waals surface area contributed by atoms with Gasteiger partial charge in [0, 0.05) is 18.8 Å². The number of benzene rings is 2. The predicted octanol–water partition coefficient (Wildman–Crippen LogP) is 4.32. The number of nitrogens with zero attached hydrogens (tertiary/aromatic N) is 2. The highest BCUT2D eigenvalue weighted by molar-refractivity contribution is 5.94. The summed E-state index contributed by atoms with van der Waals surface area (Å²) < 4.78 is 54.5. The summed E-state index contributed by atoms with van der Waals surface area (Å²) in [5.74, 6) is -2.82. The summed E-state index contributed by atoms with van der Waals surface area (Å²) in [6.45, 7) is 0.131. The Morgan fingerprint density at radius 3 is 2.48 bits per heavy atom. The van der Waals surface area contributed by atoms with Gasteiger partial charge in [0.15, 0.2) is 0 Å². The zero-order chi connectivity index (χ0) is 18.0. The molecule has 0 saturated heterocycles. The normalized spacial score (nSPS) is 10.7. The van der Waals surface area contributed by atoms with E-state index < -0.39 is 23.3 Å². The van der Waals surface area contributed by atoms with Gasteiger partial charge in [0.05, 0.1) is 16.6 Å². The third-order valence-corrected chi connectivity index (χ3v) is 3.75. The third-order valence-electron chi connectivity index (χ3n) is 3.75. The molecule has 0 fully saturated rings. The molecule has 1 N–H and O–H groups in total. The molecule has 0 saturated carbocycles. The molecular weight excluding hydrogens is 334 g/mol. The minimum atomic E-state index is -0.725. The van der Waals surface area contributed by atoms with Crippen LogP contribution in [0.15, 0.2) is 36.5 Å². The lowest BCUT2D eigenvalue weighted by molar-refractivity contribution is 0.572. The fourth-order valence-corrected chi connectivity index (χ4v) is 2.55. The Kier molecular flexibility index (Phi) is 4.52. The minimum absolute atomic E-state index is 0.0385. The lowest BCUT2D eigenvalue weighted by atomic mass is 10.1. The van der Waals surface area contributed by atoms with Gasteiger partial charge in [-0.3, -0.25) is 4.98 Å². The molecule has 0 aliphatic carbocycles. The zero-order valence-electron chi connectivity index (χ0n) is 12.8. The van der Waals surface area contributed by atoms with Gasteiger partial charge < -0.3 is 5.32 Å². The van der Waals surface area contributed by atoms with Crippen molar-refractivity contribution < 1.29 is 17.6 Å². The first kappa shape index (κ1) is 16.7. The van der Waals surface area contributed by atoms with Crippen LogP contribution in [0.1, 0.15) is 11.1 Å². The van der Waals surface area contributed by atoms with E-state index in [1.54, 1.807) is 0 Å². The number of aromatic nitrogens is 1. The summed E-state index contributed by atoms with van der Waals surface area (Å²) in [5, 5.41) is 11.9. The summed E-state index contributed by atoms with van der Waals surface area (Å²) in [4.78, 5) is 3.78. The number of hydrogen-bond acceptors (Lipinski definition) is 3. The molecule has 0 amide bonds. The Hall–Kier alpha value is -3.14. The Balaban J connectivity index is 1.93. The first-order chi connectivity index (χ1) is 12.0. The van der Waals surface area contributed by atoms with Gasteiger partial charge in [0.1, 0.15) is 34.9 Å². The van der Waals surface area contributed by atoms with Crippen LogP contribution in [0.2, 0.25) is 0 Å². The van der Waals surface area contributed by atoms with E-state index in [1.165, 1.54) is 6.07 Å². The van der Waals surface area contributed by atoms with Gasteiger partial charge in [-0.05, 0) is 30.2 Å². The molecule has 0 spiro atoms. The van der Waals surface area contributed by atoms with Crippen LogP contribution in [0.25, 0.3) is 10.9 Å². The number of nitriles is 1. The van der Waals surface area contributed by atoms with E-state index >= 15 is 0 Å². The van der Waals surface area contributed by atoms with Crippen molar-refractivity contribution in [1.29, 1.82) is 5.26 Å². The second kappa shape index (κ2) is 6.77.